The number of amides is 2. The fourth-order valence-electron chi connectivity index (χ4n) is 2.97. The van der Waals surface area contributed by atoms with E-state index in [0.717, 1.165) is 49.2 Å². The van der Waals surface area contributed by atoms with Crippen LogP contribution >= 0.6 is 11.3 Å². The minimum Gasteiger partial charge on any atom is -0.338 e. The summed E-state index contributed by atoms with van der Waals surface area (Å²) in [6, 6.07) is 0.150. The minimum absolute atomic E-state index is 0.0168. The number of thiazole rings is 1. The van der Waals surface area contributed by atoms with Gasteiger partial charge in [-0.05, 0) is 25.7 Å². The van der Waals surface area contributed by atoms with Crippen molar-refractivity contribution in [1.29, 1.82) is 0 Å². The Bertz CT molecular complexity index is 624. The Hall–Kier alpha value is -1.89. The van der Waals surface area contributed by atoms with Gasteiger partial charge in [-0.2, -0.15) is 5.10 Å². The molecule has 23 heavy (non-hydrogen) atoms. The van der Waals surface area contributed by atoms with E-state index in [1.54, 1.807) is 11.3 Å². The molecule has 0 radical (unpaired) electrons. The van der Waals surface area contributed by atoms with Crippen LogP contribution in [0.4, 0.5) is 4.79 Å². The smallest absolute Gasteiger partial charge is 0.317 e. The standard InChI is InChI=1S/C16H23N5OS/c1-2-13-11-18-15(23-13)6-7-17-16(22)21-8-4-3-5-14(21)12-9-19-20-10-12/h9-11,14H,2-8H2,1H3,(H,17,22)(H,19,20). The molecule has 0 aromatic carbocycles. The van der Waals surface area contributed by atoms with Crippen LogP contribution in [-0.4, -0.2) is 39.2 Å². The first kappa shape index (κ1) is 16.0. The van der Waals surface area contributed by atoms with Crippen LogP contribution in [0.15, 0.2) is 18.6 Å². The van der Waals surface area contributed by atoms with Crippen molar-refractivity contribution in [3.8, 4) is 0 Å². The number of carbonyl (C=O) groups excluding carboxylic acids is 1. The lowest BCUT2D eigenvalue weighted by molar-refractivity contribution is 0.151. The third-order valence-corrected chi connectivity index (χ3v) is 5.43. The molecule has 1 aliphatic heterocycles. The van der Waals surface area contributed by atoms with Gasteiger partial charge in [0.25, 0.3) is 0 Å². The molecule has 2 aromatic rings. The van der Waals surface area contributed by atoms with E-state index in [1.807, 2.05) is 23.5 Å². The van der Waals surface area contributed by atoms with E-state index in [0.29, 0.717) is 6.54 Å². The van der Waals surface area contributed by atoms with Gasteiger partial charge in [-0.25, -0.2) is 9.78 Å². The summed E-state index contributed by atoms with van der Waals surface area (Å²) >= 11 is 1.73. The third-order valence-electron chi connectivity index (χ3n) is 4.23. The molecule has 1 saturated heterocycles. The average molecular weight is 333 g/mol. The van der Waals surface area contributed by atoms with Gasteiger partial charge in [0, 0.05) is 42.3 Å². The van der Waals surface area contributed by atoms with Gasteiger partial charge in [0.15, 0.2) is 0 Å². The van der Waals surface area contributed by atoms with E-state index in [1.165, 1.54) is 4.88 Å². The molecular formula is C16H23N5OS. The zero-order valence-corrected chi connectivity index (χ0v) is 14.2. The monoisotopic (exact) mass is 333 g/mol. The van der Waals surface area contributed by atoms with Gasteiger partial charge in [-0.1, -0.05) is 6.92 Å². The van der Waals surface area contributed by atoms with Crippen molar-refractivity contribution in [2.24, 2.45) is 0 Å². The second-order valence-electron chi connectivity index (χ2n) is 5.79. The molecule has 2 N–H and O–H groups in total. The number of H-pyrrole nitrogens is 1. The van der Waals surface area contributed by atoms with Crippen LogP contribution in [0.5, 0.6) is 0 Å². The Morgan fingerprint density at radius 2 is 2.39 bits per heavy atom. The number of hydrogen-bond acceptors (Lipinski definition) is 4. The molecule has 0 bridgehead atoms. The number of hydrogen-bond donors (Lipinski definition) is 2. The van der Waals surface area contributed by atoms with Crippen LogP contribution in [0.1, 0.15) is 47.7 Å². The fourth-order valence-corrected chi connectivity index (χ4v) is 3.83. The van der Waals surface area contributed by atoms with Crippen LogP contribution in [0.3, 0.4) is 0 Å². The molecule has 1 atom stereocenters. The molecule has 3 heterocycles. The summed E-state index contributed by atoms with van der Waals surface area (Å²) in [6.07, 6.45) is 10.7. The van der Waals surface area contributed by atoms with Crippen LogP contribution < -0.4 is 5.32 Å². The van der Waals surface area contributed by atoms with Crippen molar-refractivity contribution in [2.45, 2.75) is 45.1 Å². The van der Waals surface area contributed by atoms with Gasteiger partial charge in [0.1, 0.15) is 0 Å². The second kappa shape index (κ2) is 7.59. The predicted molar refractivity (Wildman–Crippen MR) is 90.5 cm³/mol. The van der Waals surface area contributed by atoms with Crippen molar-refractivity contribution >= 4 is 17.4 Å². The van der Waals surface area contributed by atoms with E-state index in [9.17, 15) is 4.79 Å². The topological polar surface area (TPSA) is 73.9 Å². The Morgan fingerprint density at radius 3 is 3.13 bits per heavy atom. The summed E-state index contributed by atoms with van der Waals surface area (Å²) in [5.41, 5.74) is 1.09. The highest BCUT2D eigenvalue weighted by molar-refractivity contribution is 7.11. The van der Waals surface area contributed by atoms with E-state index >= 15 is 0 Å². The number of nitrogens with one attached hydrogen (secondary N) is 2. The molecule has 0 spiro atoms. The average Bonchev–Trinajstić information content (AvgIpc) is 3.26. The predicted octanol–water partition coefficient (Wildman–Crippen LogP) is 2.91. The van der Waals surface area contributed by atoms with E-state index in [-0.39, 0.29) is 12.1 Å². The Balaban J connectivity index is 1.53. The maximum Gasteiger partial charge on any atom is 0.317 e. The molecule has 1 unspecified atom stereocenters. The molecular weight excluding hydrogens is 310 g/mol. The molecule has 1 aliphatic rings. The number of aryl methyl sites for hydroxylation is 1. The number of carbonyl (C=O) groups is 1. The highest BCUT2D eigenvalue weighted by atomic mass is 32.1. The lowest BCUT2D eigenvalue weighted by Gasteiger charge is -2.35. The zero-order valence-electron chi connectivity index (χ0n) is 13.4. The van der Waals surface area contributed by atoms with Gasteiger partial charge in [-0.3, -0.25) is 5.10 Å². The quantitative estimate of drug-likeness (QED) is 0.883. The zero-order chi connectivity index (χ0) is 16.1. The molecule has 2 aromatic heterocycles. The number of piperidine rings is 1. The maximum absolute atomic E-state index is 12.5. The van der Waals surface area contributed by atoms with Gasteiger partial charge in [0.2, 0.25) is 0 Å². The number of nitrogens with zero attached hydrogens (tertiary/aromatic N) is 3. The number of aromatic amines is 1. The molecule has 0 aliphatic carbocycles. The first-order chi connectivity index (χ1) is 11.3. The molecule has 6 nitrogen and oxygen atoms in total. The number of likely N-dealkylation sites (tertiary alicyclic amines) is 1. The number of urea groups is 1. The molecule has 0 saturated carbocycles. The first-order valence-corrected chi connectivity index (χ1v) is 9.06. The molecule has 2 amide bonds. The summed E-state index contributed by atoms with van der Waals surface area (Å²) in [5, 5.41) is 11.0. The largest absolute Gasteiger partial charge is 0.338 e. The van der Waals surface area contributed by atoms with Crippen molar-refractivity contribution in [1.82, 2.24) is 25.4 Å². The Kier molecular flexibility index (Phi) is 5.27. The summed E-state index contributed by atoms with van der Waals surface area (Å²) in [5.74, 6) is 0. The maximum atomic E-state index is 12.5. The highest BCUT2D eigenvalue weighted by Gasteiger charge is 2.28. The van der Waals surface area contributed by atoms with Crippen molar-refractivity contribution in [2.75, 3.05) is 13.1 Å². The van der Waals surface area contributed by atoms with Crippen molar-refractivity contribution in [3.05, 3.63) is 34.0 Å². The number of rotatable bonds is 5. The van der Waals surface area contributed by atoms with E-state index in [4.69, 9.17) is 0 Å². The highest BCUT2D eigenvalue weighted by Crippen LogP contribution is 2.30. The van der Waals surface area contributed by atoms with Crippen molar-refractivity contribution < 1.29 is 4.79 Å². The van der Waals surface area contributed by atoms with E-state index in [2.05, 4.69) is 27.4 Å². The van der Waals surface area contributed by atoms with Gasteiger partial charge in [-0.15, -0.1) is 11.3 Å². The summed E-state index contributed by atoms with van der Waals surface area (Å²) in [6.45, 7) is 3.56. The van der Waals surface area contributed by atoms with Gasteiger partial charge in [0.05, 0.1) is 17.2 Å². The van der Waals surface area contributed by atoms with Crippen LogP contribution in [0.25, 0.3) is 0 Å². The molecule has 1 fully saturated rings. The Morgan fingerprint density at radius 1 is 1.48 bits per heavy atom. The van der Waals surface area contributed by atoms with Crippen molar-refractivity contribution in [3.63, 3.8) is 0 Å². The van der Waals surface area contributed by atoms with Crippen LogP contribution in [0.2, 0.25) is 0 Å². The van der Waals surface area contributed by atoms with Gasteiger partial charge < -0.3 is 10.2 Å². The third kappa shape index (κ3) is 3.90. The number of aromatic nitrogens is 3. The van der Waals surface area contributed by atoms with Crippen LogP contribution in [-0.2, 0) is 12.8 Å². The second-order valence-corrected chi connectivity index (χ2v) is 6.99. The molecule has 7 heteroatoms. The fraction of sp³-hybridized carbons (Fsp3) is 0.562. The molecule has 124 valence electrons. The Labute approximate surface area is 140 Å². The molecule has 3 rings (SSSR count). The van der Waals surface area contributed by atoms with Gasteiger partial charge >= 0.3 is 6.03 Å². The summed E-state index contributed by atoms with van der Waals surface area (Å²) in [7, 11) is 0. The summed E-state index contributed by atoms with van der Waals surface area (Å²) in [4.78, 5) is 20.1. The SMILES string of the molecule is CCc1cnc(CCNC(=O)N2CCCCC2c2cn[nH]c2)s1. The normalized spacial score (nSPS) is 18.1. The minimum atomic E-state index is 0.0168. The van der Waals surface area contributed by atoms with Crippen LogP contribution in [0, 0.1) is 0 Å². The lowest BCUT2D eigenvalue weighted by atomic mass is 9.98. The van der Waals surface area contributed by atoms with E-state index < -0.39 is 0 Å². The first-order valence-electron chi connectivity index (χ1n) is 8.24. The lowest BCUT2D eigenvalue weighted by Crippen LogP contribution is -2.45. The summed E-state index contributed by atoms with van der Waals surface area (Å²) < 4.78 is 0.